The Morgan fingerprint density at radius 3 is 2.65 bits per heavy atom. The fraction of sp³-hybridized carbons (Fsp3) is 0.500. The second-order valence-electron chi connectivity index (χ2n) is 4.62. The first-order chi connectivity index (χ1) is 8.06. The number of nitrogens with two attached hydrogens (primary N) is 1. The van der Waals surface area contributed by atoms with Gasteiger partial charge in [-0.3, -0.25) is 4.79 Å². The second-order valence-corrected chi connectivity index (χ2v) is 4.62. The third-order valence-corrected chi connectivity index (χ3v) is 3.10. The monoisotopic (exact) mass is 234 g/mol. The summed E-state index contributed by atoms with van der Waals surface area (Å²) in [4.78, 5) is 13.7. The molecule has 0 saturated heterocycles. The number of amides is 1. The Morgan fingerprint density at radius 2 is 2.06 bits per heavy atom. The molecule has 1 amide bonds. The highest BCUT2D eigenvalue weighted by molar-refractivity contribution is 5.93. The maximum absolute atomic E-state index is 12.0. The van der Waals surface area contributed by atoms with Gasteiger partial charge in [0.1, 0.15) is 0 Å². The molecule has 1 rings (SSSR count). The Morgan fingerprint density at radius 1 is 1.41 bits per heavy atom. The number of carbonyl (C=O) groups excluding carboxylic acids is 1. The number of benzene rings is 1. The van der Waals surface area contributed by atoms with Crippen LogP contribution >= 0.6 is 0 Å². The highest BCUT2D eigenvalue weighted by Gasteiger charge is 2.13. The molecule has 3 heteroatoms. The molecule has 0 aliphatic carbocycles. The van der Waals surface area contributed by atoms with Crippen LogP contribution in [0.15, 0.2) is 24.3 Å². The summed E-state index contributed by atoms with van der Waals surface area (Å²) in [5.41, 5.74) is 7.65. The zero-order valence-electron chi connectivity index (χ0n) is 10.9. The molecule has 94 valence electrons. The minimum Gasteiger partial charge on any atom is -0.330 e. The van der Waals surface area contributed by atoms with Crippen LogP contribution in [0.25, 0.3) is 0 Å². The molecule has 0 radical (unpaired) electrons. The average Bonchev–Trinajstić information content (AvgIpc) is 2.35. The minimum atomic E-state index is 0.152. The molecule has 3 nitrogen and oxygen atoms in total. The van der Waals surface area contributed by atoms with Gasteiger partial charge in [-0.1, -0.05) is 25.1 Å². The van der Waals surface area contributed by atoms with E-state index in [2.05, 4.69) is 6.92 Å². The van der Waals surface area contributed by atoms with Crippen molar-refractivity contribution in [2.45, 2.75) is 26.7 Å². The van der Waals surface area contributed by atoms with Gasteiger partial charge in [-0.05, 0) is 37.4 Å². The van der Waals surface area contributed by atoms with Crippen molar-refractivity contribution in [2.75, 3.05) is 18.5 Å². The molecule has 0 bridgehead atoms. The lowest BCUT2D eigenvalue weighted by Gasteiger charge is -2.20. The first-order valence-electron chi connectivity index (χ1n) is 6.08. The predicted molar refractivity (Wildman–Crippen MR) is 72.0 cm³/mol. The zero-order valence-corrected chi connectivity index (χ0v) is 10.9. The van der Waals surface area contributed by atoms with Crippen LogP contribution in [-0.2, 0) is 4.79 Å². The molecular formula is C14H22N2O. The third-order valence-electron chi connectivity index (χ3n) is 3.10. The number of hydrogen-bond acceptors (Lipinski definition) is 2. The van der Waals surface area contributed by atoms with E-state index in [-0.39, 0.29) is 5.91 Å². The summed E-state index contributed by atoms with van der Waals surface area (Å²) in [6.07, 6.45) is 1.41. The number of aryl methyl sites for hydroxylation is 1. The topological polar surface area (TPSA) is 46.3 Å². The Bertz CT molecular complexity index is 376. The summed E-state index contributed by atoms with van der Waals surface area (Å²) < 4.78 is 0. The van der Waals surface area contributed by atoms with Crippen molar-refractivity contribution >= 4 is 11.6 Å². The van der Waals surface area contributed by atoms with Crippen molar-refractivity contribution in [1.82, 2.24) is 0 Å². The van der Waals surface area contributed by atoms with E-state index in [0.717, 1.165) is 17.7 Å². The lowest BCUT2D eigenvalue weighted by Crippen LogP contribution is -2.27. The molecule has 0 aliphatic heterocycles. The summed E-state index contributed by atoms with van der Waals surface area (Å²) in [6.45, 7) is 4.73. The number of nitrogens with zero attached hydrogens (tertiary/aromatic N) is 1. The molecule has 17 heavy (non-hydrogen) atoms. The standard InChI is InChI=1S/C14H22N2O/c1-11(10-15)8-9-14(17)16(3)13-7-5-4-6-12(13)2/h4-7,11H,8-10,15H2,1-3H3. The van der Waals surface area contributed by atoms with E-state index < -0.39 is 0 Å². The van der Waals surface area contributed by atoms with Gasteiger partial charge in [0.2, 0.25) is 5.91 Å². The van der Waals surface area contributed by atoms with Crippen LogP contribution in [0.1, 0.15) is 25.3 Å². The van der Waals surface area contributed by atoms with Gasteiger partial charge >= 0.3 is 0 Å². The molecule has 0 saturated carbocycles. The normalized spacial score (nSPS) is 12.2. The first kappa shape index (κ1) is 13.7. The van der Waals surface area contributed by atoms with Crippen molar-refractivity contribution in [3.05, 3.63) is 29.8 Å². The van der Waals surface area contributed by atoms with E-state index >= 15 is 0 Å². The van der Waals surface area contributed by atoms with E-state index in [1.54, 1.807) is 4.90 Å². The molecule has 1 aromatic rings. The third kappa shape index (κ3) is 3.86. The molecule has 1 unspecified atom stereocenters. The van der Waals surface area contributed by atoms with Crippen LogP contribution in [0.4, 0.5) is 5.69 Å². The molecule has 1 atom stereocenters. The Kier molecular flexibility index (Phi) is 5.16. The van der Waals surface area contributed by atoms with E-state index in [1.807, 2.05) is 38.2 Å². The fourth-order valence-electron chi connectivity index (χ4n) is 1.73. The number of anilines is 1. The molecule has 0 aliphatic rings. The van der Waals surface area contributed by atoms with E-state index in [1.165, 1.54) is 0 Å². The van der Waals surface area contributed by atoms with Gasteiger partial charge in [0.25, 0.3) is 0 Å². The molecule has 1 aromatic carbocycles. The summed E-state index contributed by atoms with van der Waals surface area (Å²) in [5.74, 6) is 0.559. The molecule has 0 aromatic heterocycles. The van der Waals surface area contributed by atoms with Crippen LogP contribution in [0.5, 0.6) is 0 Å². The number of rotatable bonds is 5. The van der Waals surface area contributed by atoms with Crippen LogP contribution in [0.3, 0.4) is 0 Å². The molecule has 0 heterocycles. The largest absolute Gasteiger partial charge is 0.330 e. The molecule has 0 spiro atoms. The van der Waals surface area contributed by atoms with Crippen LogP contribution < -0.4 is 10.6 Å². The van der Waals surface area contributed by atoms with Crippen molar-refractivity contribution in [2.24, 2.45) is 11.7 Å². The van der Waals surface area contributed by atoms with Gasteiger partial charge in [-0.25, -0.2) is 0 Å². The Labute approximate surface area is 104 Å². The van der Waals surface area contributed by atoms with Gasteiger partial charge in [-0.15, -0.1) is 0 Å². The quantitative estimate of drug-likeness (QED) is 0.850. The lowest BCUT2D eigenvalue weighted by molar-refractivity contribution is -0.118. The van der Waals surface area contributed by atoms with Gasteiger partial charge in [-0.2, -0.15) is 0 Å². The highest BCUT2D eigenvalue weighted by Crippen LogP contribution is 2.19. The van der Waals surface area contributed by atoms with Gasteiger partial charge < -0.3 is 10.6 Å². The van der Waals surface area contributed by atoms with Crippen molar-refractivity contribution < 1.29 is 4.79 Å². The van der Waals surface area contributed by atoms with E-state index in [0.29, 0.717) is 18.9 Å². The van der Waals surface area contributed by atoms with Gasteiger partial charge in [0.05, 0.1) is 0 Å². The predicted octanol–water partition coefficient (Wildman–Crippen LogP) is 2.33. The van der Waals surface area contributed by atoms with Crippen molar-refractivity contribution in [3.63, 3.8) is 0 Å². The van der Waals surface area contributed by atoms with Crippen molar-refractivity contribution in [3.8, 4) is 0 Å². The van der Waals surface area contributed by atoms with Crippen LogP contribution in [-0.4, -0.2) is 19.5 Å². The molecule has 2 N–H and O–H groups in total. The number of para-hydroxylation sites is 1. The van der Waals surface area contributed by atoms with E-state index in [4.69, 9.17) is 5.73 Å². The SMILES string of the molecule is Cc1ccccc1N(C)C(=O)CCC(C)CN. The fourth-order valence-corrected chi connectivity index (χ4v) is 1.73. The molecule has 0 fully saturated rings. The van der Waals surface area contributed by atoms with Gasteiger partial charge in [0.15, 0.2) is 0 Å². The van der Waals surface area contributed by atoms with Crippen LogP contribution in [0.2, 0.25) is 0 Å². The van der Waals surface area contributed by atoms with Crippen molar-refractivity contribution in [1.29, 1.82) is 0 Å². The molecular weight excluding hydrogens is 212 g/mol. The smallest absolute Gasteiger partial charge is 0.226 e. The Hall–Kier alpha value is -1.35. The summed E-state index contributed by atoms with van der Waals surface area (Å²) in [7, 11) is 1.83. The number of hydrogen-bond donors (Lipinski definition) is 1. The Balaban J connectivity index is 2.61. The van der Waals surface area contributed by atoms with Crippen LogP contribution in [0, 0.1) is 12.8 Å². The summed E-state index contributed by atoms with van der Waals surface area (Å²) >= 11 is 0. The van der Waals surface area contributed by atoms with E-state index in [9.17, 15) is 4.79 Å². The first-order valence-corrected chi connectivity index (χ1v) is 6.08. The zero-order chi connectivity index (χ0) is 12.8. The summed E-state index contributed by atoms with van der Waals surface area (Å²) in [5, 5.41) is 0. The minimum absolute atomic E-state index is 0.152. The maximum Gasteiger partial charge on any atom is 0.226 e. The number of carbonyl (C=O) groups is 1. The second kappa shape index (κ2) is 6.40. The summed E-state index contributed by atoms with van der Waals surface area (Å²) in [6, 6.07) is 7.92. The van der Waals surface area contributed by atoms with Gasteiger partial charge in [0, 0.05) is 19.2 Å². The lowest BCUT2D eigenvalue weighted by atomic mass is 10.1. The maximum atomic E-state index is 12.0. The average molecular weight is 234 g/mol. The highest BCUT2D eigenvalue weighted by atomic mass is 16.2.